The lowest BCUT2D eigenvalue weighted by Gasteiger charge is -2.26. The van der Waals surface area contributed by atoms with Crippen molar-refractivity contribution < 1.29 is 14.7 Å². The average molecular weight is 430 g/mol. The highest BCUT2D eigenvalue weighted by atomic mass is 32.0. The number of rotatable bonds is 9. The van der Waals surface area contributed by atoms with Gasteiger partial charge in [0.25, 0.3) is 5.56 Å². The molecule has 0 bridgehead atoms. The molecule has 3 N–H and O–H groups in total. The predicted octanol–water partition coefficient (Wildman–Crippen LogP) is 1.16. The number of aliphatic hydroxyl groups excluding tert-OH is 1. The molecule has 1 heterocycles. The quantitative estimate of drug-likeness (QED) is 0.510. The van der Waals surface area contributed by atoms with E-state index in [9.17, 15) is 19.5 Å². The van der Waals surface area contributed by atoms with Crippen molar-refractivity contribution in [3.8, 4) is 0 Å². The summed E-state index contributed by atoms with van der Waals surface area (Å²) in [5.74, 6) is -0.503. The van der Waals surface area contributed by atoms with Crippen molar-refractivity contribution in [2.24, 2.45) is 0 Å². The summed E-state index contributed by atoms with van der Waals surface area (Å²) < 4.78 is 1.49. The maximum Gasteiger partial charge on any atom is 0.275 e. The molecule has 0 aliphatic heterocycles. The third-order valence-electron chi connectivity index (χ3n) is 4.96. The molecule has 0 aliphatic carbocycles. The van der Waals surface area contributed by atoms with Crippen LogP contribution in [-0.4, -0.2) is 48.2 Å². The molecule has 1 aromatic heterocycles. The Morgan fingerprint density at radius 2 is 1.86 bits per heavy atom. The highest BCUT2D eigenvalue weighted by Gasteiger charge is 2.25. The summed E-state index contributed by atoms with van der Waals surface area (Å²) in [7, 11) is 6.26. The van der Waals surface area contributed by atoms with Gasteiger partial charge in [0.05, 0.1) is 12.6 Å². The Kier molecular flexibility index (Phi) is 9.55. The molecule has 1 aromatic rings. The molecule has 1 rings (SSSR count). The Morgan fingerprint density at radius 1 is 1.25 bits per heavy atom. The monoisotopic (exact) mass is 430 g/mol. The summed E-state index contributed by atoms with van der Waals surface area (Å²) in [6, 6.07) is -1.30. The SMILES string of the molecule is Cc1c(C)c(C)n(C(C)C(=O)NC(CO)CCC(=O)NPP)c(=O)c1N(C)C. The standard InChI is InChI=1S/C18H32N4O4P2/c1-10-11(2)16(21(5)6)18(26)22(12(10)3)13(4)17(25)19-14(9-23)7-8-15(24)20-28-27/h13-14,23,28H,7-9,27H2,1-6H3,(H,19,25)(H,20,24). The van der Waals surface area contributed by atoms with E-state index in [1.54, 1.807) is 25.9 Å². The van der Waals surface area contributed by atoms with Gasteiger partial charge in [-0.25, -0.2) is 0 Å². The van der Waals surface area contributed by atoms with E-state index in [-0.39, 0.29) is 38.8 Å². The molecule has 0 saturated carbocycles. The van der Waals surface area contributed by atoms with E-state index in [2.05, 4.69) is 19.3 Å². The van der Waals surface area contributed by atoms with E-state index in [1.807, 2.05) is 20.8 Å². The zero-order valence-corrected chi connectivity index (χ0v) is 19.6. The first kappa shape index (κ1) is 24.5. The third-order valence-corrected chi connectivity index (χ3v) is 5.81. The lowest BCUT2D eigenvalue weighted by atomic mass is 10.1. The first-order valence-electron chi connectivity index (χ1n) is 9.12. The molecule has 0 aliphatic rings. The lowest BCUT2D eigenvalue weighted by molar-refractivity contribution is -0.125. The van der Waals surface area contributed by atoms with E-state index < -0.39 is 12.1 Å². The van der Waals surface area contributed by atoms with Gasteiger partial charge in [-0.2, -0.15) is 0 Å². The largest absolute Gasteiger partial charge is 0.394 e. The van der Waals surface area contributed by atoms with Gasteiger partial charge in [-0.3, -0.25) is 19.0 Å². The Bertz CT molecular complexity index is 780. The van der Waals surface area contributed by atoms with Crippen LogP contribution in [0.2, 0.25) is 0 Å². The topological polar surface area (TPSA) is 104 Å². The minimum absolute atomic E-state index is 0.133. The summed E-state index contributed by atoms with van der Waals surface area (Å²) in [6.07, 6.45) is 0.522. The summed E-state index contributed by atoms with van der Waals surface area (Å²) in [6.45, 7) is 7.04. The molecule has 10 heteroatoms. The normalized spacial score (nSPS) is 13.4. The van der Waals surface area contributed by atoms with Gasteiger partial charge >= 0.3 is 0 Å². The van der Waals surface area contributed by atoms with Gasteiger partial charge in [-0.1, -0.05) is 8.93 Å². The van der Waals surface area contributed by atoms with Gasteiger partial charge in [0, 0.05) is 26.2 Å². The predicted molar refractivity (Wildman–Crippen MR) is 118 cm³/mol. The first-order chi connectivity index (χ1) is 13.1. The summed E-state index contributed by atoms with van der Waals surface area (Å²) in [4.78, 5) is 39.2. The number of hydrogen-bond donors (Lipinski definition) is 3. The fourth-order valence-electron chi connectivity index (χ4n) is 3.15. The van der Waals surface area contributed by atoms with Crippen molar-refractivity contribution >= 4 is 34.9 Å². The van der Waals surface area contributed by atoms with E-state index in [1.165, 1.54) is 4.57 Å². The van der Waals surface area contributed by atoms with Crippen molar-refractivity contribution in [1.29, 1.82) is 0 Å². The number of aromatic nitrogens is 1. The maximum absolute atomic E-state index is 13.0. The van der Waals surface area contributed by atoms with E-state index in [0.29, 0.717) is 12.1 Å². The second kappa shape index (κ2) is 10.9. The van der Waals surface area contributed by atoms with Crippen LogP contribution in [0.1, 0.15) is 42.6 Å². The number of aliphatic hydroxyl groups is 1. The number of pyridine rings is 1. The van der Waals surface area contributed by atoms with Crippen LogP contribution in [0.4, 0.5) is 5.69 Å². The molecule has 4 unspecified atom stereocenters. The second-order valence-corrected chi connectivity index (χ2v) is 8.45. The minimum atomic E-state index is -0.748. The smallest absolute Gasteiger partial charge is 0.275 e. The fourth-order valence-corrected chi connectivity index (χ4v) is 3.91. The van der Waals surface area contributed by atoms with Gasteiger partial charge in [-0.15, -0.1) is 0 Å². The number of nitrogens with one attached hydrogen (secondary N) is 2. The number of amides is 2. The molecule has 28 heavy (non-hydrogen) atoms. The molecule has 2 amide bonds. The fraction of sp³-hybridized carbons (Fsp3) is 0.611. The Hall–Kier alpha value is -1.49. The number of anilines is 1. The molecule has 0 aromatic carbocycles. The van der Waals surface area contributed by atoms with Crippen LogP contribution in [0.5, 0.6) is 0 Å². The first-order valence-corrected chi connectivity index (χ1v) is 11.9. The maximum atomic E-state index is 13.0. The molecule has 0 radical (unpaired) electrons. The van der Waals surface area contributed by atoms with E-state index in [4.69, 9.17) is 0 Å². The molecular formula is C18H32N4O4P2. The molecule has 158 valence electrons. The van der Waals surface area contributed by atoms with Crippen molar-refractivity contribution in [2.75, 3.05) is 25.6 Å². The van der Waals surface area contributed by atoms with Crippen LogP contribution in [0.25, 0.3) is 0 Å². The third kappa shape index (κ3) is 5.76. The molecule has 0 fully saturated rings. The van der Waals surface area contributed by atoms with Gasteiger partial charge in [0.1, 0.15) is 11.7 Å². The van der Waals surface area contributed by atoms with Gasteiger partial charge < -0.3 is 20.4 Å². The summed E-state index contributed by atoms with van der Waals surface area (Å²) >= 11 is 0. The van der Waals surface area contributed by atoms with E-state index in [0.717, 1.165) is 16.8 Å². The van der Waals surface area contributed by atoms with Crippen LogP contribution in [0.3, 0.4) is 0 Å². The molecule has 0 saturated heterocycles. The number of carbonyl (C=O) groups excluding carboxylic acids is 2. The number of carbonyl (C=O) groups is 2. The van der Waals surface area contributed by atoms with Crippen LogP contribution in [0, 0.1) is 20.8 Å². The van der Waals surface area contributed by atoms with Crippen molar-refractivity contribution in [3.63, 3.8) is 0 Å². The van der Waals surface area contributed by atoms with Crippen molar-refractivity contribution in [1.82, 2.24) is 15.0 Å². The average Bonchev–Trinajstić information content (AvgIpc) is 2.63. The van der Waals surface area contributed by atoms with Crippen LogP contribution < -0.4 is 20.9 Å². The van der Waals surface area contributed by atoms with Gasteiger partial charge in [-0.05, 0) is 53.7 Å². The molecule has 8 nitrogen and oxygen atoms in total. The van der Waals surface area contributed by atoms with Crippen LogP contribution in [0.15, 0.2) is 4.79 Å². The van der Waals surface area contributed by atoms with Crippen molar-refractivity contribution in [3.05, 3.63) is 27.2 Å². The second-order valence-electron chi connectivity index (χ2n) is 7.05. The minimum Gasteiger partial charge on any atom is -0.394 e. The van der Waals surface area contributed by atoms with Gasteiger partial charge in [0.2, 0.25) is 11.8 Å². The number of nitrogens with zero attached hydrogens (tertiary/aromatic N) is 2. The van der Waals surface area contributed by atoms with E-state index >= 15 is 0 Å². The van der Waals surface area contributed by atoms with Crippen LogP contribution in [-0.2, 0) is 9.59 Å². The molecule has 4 atom stereocenters. The Balaban J connectivity index is 3.08. The lowest BCUT2D eigenvalue weighted by Crippen LogP contribution is -2.44. The summed E-state index contributed by atoms with van der Waals surface area (Å²) in [5, 5.41) is 15.0. The number of hydrogen-bond acceptors (Lipinski definition) is 5. The summed E-state index contributed by atoms with van der Waals surface area (Å²) in [5.41, 5.74) is 2.91. The van der Waals surface area contributed by atoms with Crippen LogP contribution >= 0.6 is 17.3 Å². The zero-order valence-electron chi connectivity index (χ0n) is 17.4. The highest BCUT2D eigenvalue weighted by molar-refractivity contribution is 8.02. The molecular weight excluding hydrogens is 398 g/mol. The Morgan fingerprint density at radius 3 is 2.36 bits per heavy atom. The van der Waals surface area contributed by atoms with Crippen molar-refractivity contribution in [2.45, 2.75) is 52.6 Å². The zero-order chi connectivity index (χ0) is 21.6. The Labute approximate surface area is 170 Å². The van der Waals surface area contributed by atoms with Gasteiger partial charge in [0.15, 0.2) is 0 Å². The molecule has 0 spiro atoms. The highest BCUT2D eigenvalue weighted by Crippen LogP contribution is 2.22.